The third kappa shape index (κ3) is 3.90. The summed E-state index contributed by atoms with van der Waals surface area (Å²) < 4.78 is 0.912. The van der Waals surface area contributed by atoms with Crippen molar-refractivity contribution in [3.05, 3.63) is 30.3 Å². The van der Waals surface area contributed by atoms with Gasteiger partial charge in [-0.05, 0) is 12.1 Å². The Morgan fingerprint density at radius 1 is 1.33 bits per heavy atom. The minimum absolute atomic E-state index is 0.234. The summed E-state index contributed by atoms with van der Waals surface area (Å²) >= 11 is 3.82. The number of hydrogen-bond donors (Lipinski definition) is 3. The number of primary amides is 1. The first kappa shape index (κ1) is 11.4. The fourth-order valence-electron chi connectivity index (χ4n) is 0.929. The van der Waals surface area contributed by atoms with Crippen LogP contribution in [0.25, 0.3) is 0 Å². The van der Waals surface area contributed by atoms with Crippen molar-refractivity contribution >= 4 is 30.4 Å². The number of urea groups is 1. The molecule has 0 aliphatic heterocycles. The number of amides is 3. The van der Waals surface area contributed by atoms with Crippen LogP contribution in [0.5, 0.6) is 0 Å². The second kappa shape index (κ2) is 5.26. The maximum Gasteiger partial charge on any atom is 0.332 e. The van der Waals surface area contributed by atoms with Gasteiger partial charge in [0.05, 0.1) is 0 Å². The Labute approximate surface area is 92.8 Å². The topological polar surface area (TPSA) is 75.4 Å². The van der Waals surface area contributed by atoms with Crippen molar-refractivity contribution in [3.8, 4) is 0 Å². The molecule has 80 valence electrons. The molecular weight excluding hydrogens is 214 g/mol. The van der Waals surface area contributed by atoms with E-state index in [0.717, 1.165) is 4.31 Å². The molecule has 1 aromatic carbocycles. The molecule has 3 N–H and O–H groups in total. The first-order chi connectivity index (χ1) is 7.09. The van der Waals surface area contributed by atoms with Gasteiger partial charge >= 0.3 is 6.03 Å². The van der Waals surface area contributed by atoms with Crippen molar-refractivity contribution in [2.75, 3.05) is 11.9 Å². The van der Waals surface area contributed by atoms with Crippen LogP contribution >= 0.6 is 12.8 Å². The summed E-state index contributed by atoms with van der Waals surface area (Å²) in [5, 5.41) is 2.55. The monoisotopic (exact) mass is 225 g/mol. The number of para-hydroxylation sites is 1. The Hall–Kier alpha value is -1.69. The summed E-state index contributed by atoms with van der Waals surface area (Å²) in [6, 6.07) is 8.35. The first-order valence-electron chi connectivity index (χ1n) is 4.20. The highest BCUT2D eigenvalue weighted by Crippen LogP contribution is 2.07. The molecule has 0 atom stereocenters. The number of benzene rings is 1. The molecule has 5 nitrogen and oxygen atoms in total. The molecule has 0 saturated heterocycles. The maximum atomic E-state index is 11.4. The van der Waals surface area contributed by atoms with E-state index in [-0.39, 0.29) is 6.54 Å². The lowest BCUT2D eigenvalue weighted by Crippen LogP contribution is -2.34. The predicted octanol–water partition coefficient (Wildman–Crippen LogP) is 0.851. The predicted molar refractivity (Wildman–Crippen MR) is 60.3 cm³/mol. The Balaban J connectivity index is 2.52. The van der Waals surface area contributed by atoms with Gasteiger partial charge in [0.2, 0.25) is 5.91 Å². The van der Waals surface area contributed by atoms with E-state index >= 15 is 0 Å². The Bertz CT molecular complexity index is 356. The molecule has 0 heterocycles. The molecule has 0 bridgehead atoms. The van der Waals surface area contributed by atoms with E-state index in [9.17, 15) is 9.59 Å². The lowest BCUT2D eigenvalue weighted by atomic mass is 10.3. The zero-order chi connectivity index (χ0) is 11.3. The van der Waals surface area contributed by atoms with Gasteiger partial charge in [-0.25, -0.2) is 4.79 Å². The molecule has 0 aliphatic rings. The fraction of sp³-hybridized carbons (Fsp3) is 0.111. The summed E-state index contributed by atoms with van der Waals surface area (Å²) in [6.45, 7) is -0.234. The normalized spacial score (nSPS) is 9.40. The summed E-state index contributed by atoms with van der Waals surface area (Å²) in [7, 11) is 0. The lowest BCUT2D eigenvalue weighted by molar-refractivity contribution is -0.117. The Morgan fingerprint density at radius 2 is 1.93 bits per heavy atom. The molecule has 0 fully saturated rings. The van der Waals surface area contributed by atoms with Crippen molar-refractivity contribution in [2.45, 2.75) is 0 Å². The lowest BCUT2D eigenvalue weighted by Gasteiger charge is -2.14. The largest absolute Gasteiger partial charge is 0.368 e. The number of anilines is 1. The van der Waals surface area contributed by atoms with E-state index in [4.69, 9.17) is 5.73 Å². The maximum absolute atomic E-state index is 11.4. The summed E-state index contributed by atoms with van der Waals surface area (Å²) in [5.74, 6) is -0.617. The third-order valence-corrected chi connectivity index (χ3v) is 1.89. The molecule has 15 heavy (non-hydrogen) atoms. The highest BCUT2D eigenvalue weighted by Gasteiger charge is 2.11. The molecule has 1 aromatic rings. The van der Waals surface area contributed by atoms with Crippen molar-refractivity contribution < 1.29 is 9.59 Å². The number of nitrogens with one attached hydrogen (secondary N) is 1. The zero-order valence-electron chi connectivity index (χ0n) is 7.88. The fourth-order valence-corrected chi connectivity index (χ4v) is 1.12. The van der Waals surface area contributed by atoms with Crippen LogP contribution in [0.4, 0.5) is 10.5 Å². The Morgan fingerprint density at radius 3 is 2.47 bits per heavy atom. The van der Waals surface area contributed by atoms with Gasteiger partial charge < -0.3 is 11.1 Å². The molecule has 0 saturated carbocycles. The molecule has 0 aliphatic carbocycles. The van der Waals surface area contributed by atoms with Crippen molar-refractivity contribution in [2.24, 2.45) is 5.73 Å². The van der Waals surface area contributed by atoms with Gasteiger partial charge in [0.25, 0.3) is 0 Å². The van der Waals surface area contributed by atoms with Crippen molar-refractivity contribution in [1.82, 2.24) is 4.31 Å². The van der Waals surface area contributed by atoms with Crippen LogP contribution in [0.1, 0.15) is 0 Å². The van der Waals surface area contributed by atoms with E-state index in [2.05, 4.69) is 18.1 Å². The molecule has 0 aromatic heterocycles. The summed E-state index contributed by atoms with van der Waals surface area (Å²) in [4.78, 5) is 21.9. The quantitative estimate of drug-likeness (QED) is 0.667. The van der Waals surface area contributed by atoms with E-state index in [1.165, 1.54) is 0 Å². The standard InChI is InChI=1S/C9H11N3O2S/c10-8(13)6-12(15)9(14)11-7-4-2-1-3-5-7/h1-5,15H,6H2,(H2,10,13)(H,11,14). The summed E-state index contributed by atoms with van der Waals surface area (Å²) in [6.07, 6.45) is 0. The number of nitrogens with two attached hydrogens (primary N) is 1. The average molecular weight is 225 g/mol. The van der Waals surface area contributed by atoms with Gasteiger partial charge in [0.1, 0.15) is 6.54 Å². The summed E-state index contributed by atoms with van der Waals surface area (Å²) in [5.41, 5.74) is 5.55. The molecule has 1 rings (SSSR count). The van der Waals surface area contributed by atoms with E-state index in [1.807, 2.05) is 6.07 Å². The van der Waals surface area contributed by atoms with E-state index in [1.54, 1.807) is 24.3 Å². The van der Waals surface area contributed by atoms with Crippen LogP contribution in [-0.2, 0) is 4.79 Å². The van der Waals surface area contributed by atoms with Crippen LogP contribution in [0.3, 0.4) is 0 Å². The van der Waals surface area contributed by atoms with Gasteiger partial charge in [-0.2, -0.15) is 0 Å². The second-order valence-electron chi connectivity index (χ2n) is 2.82. The van der Waals surface area contributed by atoms with Gasteiger partial charge in [0, 0.05) is 5.69 Å². The number of carbonyl (C=O) groups is 2. The number of rotatable bonds is 3. The number of nitrogens with zero attached hydrogens (tertiary/aromatic N) is 1. The minimum atomic E-state index is -0.617. The number of thiol groups is 1. The number of hydrogen-bond acceptors (Lipinski definition) is 3. The van der Waals surface area contributed by atoms with Gasteiger partial charge in [-0.1, -0.05) is 31.0 Å². The van der Waals surface area contributed by atoms with Gasteiger partial charge in [0.15, 0.2) is 0 Å². The van der Waals surface area contributed by atoms with Crippen molar-refractivity contribution in [3.63, 3.8) is 0 Å². The van der Waals surface area contributed by atoms with Crippen LogP contribution < -0.4 is 11.1 Å². The highest BCUT2D eigenvalue weighted by molar-refractivity contribution is 7.78. The van der Waals surface area contributed by atoms with Gasteiger partial charge in [-0.3, -0.25) is 9.10 Å². The number of carbonyl (C=O) groups excluding carboxylic acids is 2. The molecule has 0 radical (unpaired) electrons. The van der Waals surface area contributed by atoms with Crippen molar-refractivity contribution in [1.29, 1.82) is 0 Å². The molecular formula is C9H11N3O2S. The van der Waals surface area contributed by atoms with Crippen LogP contribution in [0.2, 0.25) is 0 Å². The SMILES string of the molecule is NC(=O)CN(S)C(=O)Nc1ccccc1. The smallest absolute Gasteiger partial charge is 0.332 e. The average Bonchev–Trinajstić information content (AvgIpc) is 2.18. The first-order valence-corrected chi connectivity index (χ1v) is 4.60. The van der Waals surface area contributed by atoms with Crippen LogP contribution in [0, 0.1) is 0 Å². The minimum Gasteiger partial charge on any atom is -0.368 e. The molecule has 0 spiro atoms. The third-order valence-electron chi connectivity index (χ3n) is 1.57. The second-order valence-corrected chi connectivity index (χ2v) is 3.30. The van der Waals surface area contributed by atoms with Crippen LogP contribution in [0.15, 0.2) is 30.3 Å². The van der Waals surface area contributed by atoms with Gasteiger partial charge in [-0.15, -0.1) is 0 Å². The highest BCUT2D eigenvalue weighted by atomic mass is 32.1. The van der Waals surface area contributed by atoms with E-state index < -0.39 is 11.9 Å². The molecule has 3 amide bonds. The Kier molecular flexibility index (Phi) is 3.99. The zero-order valence-corrected chi connectivity index (χ0v) is 8.78. The van der Waals surface area contributed by atoms with E-state index in [0.29, 0.717) is 5.69 Å². The molecule has 0 unspecified atom stereocenters. The van der Waals surface area contributed by atoms with Crippen LogP contribution in [-0.4, -0.2) is 22.8 Å². The molecule has 6 heteroatoms.